The molecule has 30 heavy (non-hydrogen) atoms. The van der Waals surface area contributed by atoms with Gasteiger partial charge in [-0.2, -0.15) is 0 Å². The summed E-state index contributed by atoms with van der Waals surface area (Å²) in [4.78, 5) is 39.3. The predicted molar refractivity (Wildman–Crippen MR) is 120 cm³/mol. The van der Waals surface area contributed by atoms with E-state index in [2.05, 4.69) is 9.97 Å². The van der Waals surface area contributed by atoms with Gasteiger partial charge >= 0.3 is 0 Å². The Morgan fingerprint density at radius 3 is 2.77 bits per heavy atom. The first kappa shape index (κ1) is 19.7. The van der Waals surface area contributed by atoms with E-state index in [0.717, 1.165) is 47.3 Å². The van der Waals surface area contributed by atoms with Crippen molar-refractivity contribution in [2.75, 3.05) is 6.54 Å². The van der Waals surface area contributed by atoms with Crippen LogP contribution in [-0.4, -0.2) is 38.5 Å². The lowest BCUT2D eigenvalue weighted by molar-refractivity contribution is -0.127. The van der Waals surface area contributed by atoms with E-state index in [0.29, 0.717) is 12.1 Å². The number of carbonyl (C=O) groups excluding carboxylic acids is 2. The molecule has 1 aliphatic heterocycles. The zero-order valence-corrected chi connectivity index (χ0v) is 18.3. The van der Waals surface area contributed by atoms with E-state index in [4.69, 9.17) is 0 Å². The fourth-order valence-electron chi connectivity index (χ4n) is 4.34. The molecule has 2 aliphatic rings. The number of nitrogens with zero attached hydrogens (tertiary/aromatic N) is 3. The zero-order chi connectivity index (χ0) is 20.5. The highest BCUT2D eigenvalue weighted by atomic mass is 32.2. The summed E-state index contributed by atoms with van der Waals surface area (Å²) in [5.41, 5.74) is 1.94. The van der Waals surface area contributed by atoms with Crippen LogP contribution in [0.5, 0.6) is 0 Å². The SMILES string of the molecule is O=C(c1ccccc1)N1CCCC[C@H](Sc2ncnc3sc4c(c23)CCCC4)C1=O. The number of rotatable bonds is 3. The molecule has 2 aromatic heterocycles. The minimum atomic E-state index is -0.294. The van der Waals surface area contributed by atoms with E-state index >= 15 is 0 Å². The van der Waals surface area contributed by atoms with E-state index in [1.54, 1.807) is 29.8 Å². The van der Waals surface area contributed by atoms with Crippen LogP contribution in [0.4, 0.5) is 0 Å². The van der Waals surface area contributed by atoms with Crippen LogP contribution in [-0.2, 0) is 17.6 Å². The summed E-state index contributed by atoms with van der Waals surface area (Å²) in [6, 6.07) is 9.09. The summed E-state index contributed by atoms with van der Waals surface area (Å²) in [5.74, 6) is -0.295. The number of aryl methyl sites for hydroxylation is 2. The third kappa shape index (κ3) is 3.65. The maximum absolute atomic E-state index is 13.4. The summed E-state index contributed by atoms with van der Waals surface area (Å²) in [5, 5.41) is 1.74. The molecule has 1 saturated heterocycles. The summed E-state index contributed by atoms with van der Waals surface area (Å²) < 4.78 is 0. The number of hydrogen-bond acceptors (Lipinski definition) is 6. The highest BCUT2D eigenvalue weighted by Gasteiger charge is 2.33. The maximum Gasteiger partial charge on any atom is 0.260 e. The number of thiophene rings is 1. The normalized spacial score (nSPS) is 19.5. The van der Waals surface area contributed by atoms with Gasteiger partial charge < -0.3 is 0 Å². The largest absolute Gasteiger partial charge is 0.278 e. The number of aromatic nitrogens is 2. The number of benzene rings is 1. The van der Waals surface area contributed by atoms with E-state index in [9.17, 15) is 9.59 Å². The van der Waals surface area contributed by atoms with Crippen molar-refractivity contribution in [3.63, 3.8) is 0 Å². The van der Waals surface area contributed by atoms with Gasteiger partial charge in [0.15, 0.2) is 0 Å². The first-order valence-corrected chi connectivity index (χ1v) is 12.2. The molecule has 0 N–H and O–H groups in total. The van der Waals surface area contributed by atoms with Crippen molar-refractivity contribution in [2.24, 2.45) is 0 Å². The summed E-state index contributed by atoms with van der Waals surface area (Å²) in [7, 11) is 0. The molecular formula is C23H23N3O2S2. The van der Waals surface area contributed by atoms with Crippen LogP contribution in [0.25, 0.3) is 10.2 Å². The standard InChI is InChI=1S/C23H23N3O2S2/c27-22(15-8-2-1-3-9-15)26-13-7-6-12-18(23(26)28)30-21-19-16-10-4-5-11-17(16)29-20(19)24-14-25-21/h1-3,8-9,14,18H,4-7,10-13H2/t18-/m0/s1. The van der Waals surface area contributed by atoms with Crippen LogP contribution in [0, 0.1) is 0 Å². The third-order valence-corrected chi connectivity index (χ3v) is 8.33. The lowest BCUT2D eigenvalue weighted by Crippen LogP contribution is -2.41. The molecule has 3 aromatic rings. The second-order valence-electron chi connectivity index (χ2n) is 7.83. The van der Waals surface area contributed by atoms with Crippen molar-refractivity contribution in [2.45, 2.75) is 55.2 Å². The first-order chi connectivity index (χ1) is 14.7. The lowest BCUT2D eigenvalue weighted by Gasteiger charge is -2.22. The molecule has 7 heteroatoms. The monoisotopic (exact) mass is 437 g/mol. The quantitative estimate of drug-likeness (QED) is 0.431. The molecule has 0 unspecified atom stereocenters. The van der Waals surface area contributed by atoms with E-state index in [1.165, 1.54) is 39.9 Å². The van der Waals surface area contributed by atoms with Crippen molar-refractivity contribution < 1.29 is 9.59 Å². The number of imide groups is 1. The lowest BCUT2D eigenvalue weighted by atomic mass is 9.97. The van der Waals surface area contributed by atoms with Crippen molar-refractivity contribution in [1.82, 2.24) is 14.9 Å². The van der Waals surface area contributed by atoms with Crippen LogP contribution in [0.2, 0.25) is 0 Å². The van der Waals surface area contributed by atoms with Crippen molar-refractivity contribution >= 4 is 45.1 Å². The number of thioether (sulfide) groups is 1. The van der Waals surface area contributed by atoms with E-state index < -0.39 is 0 Å². The van der Waals surface area contributed by atoms with Gasteiger partial charge in [0.1, 0.15) is 16.2 Å². The number of likely N-dealkylation sites (tertiary alicyclic amines) is 1. The number of hydrogen-bond donors (Lipinski definition) is 0. The fourth-order valence-corrected chi connectivity index (χ4v) is 6.86. The Balaban J connectivity index is 1.45. The number of amides is 2. The van der Waals surface area contributed by atoms with Crippen LogP contribution in [0.3, 0.4) is 0 Å². The summed E-state index contributed by atoms with van der Waals surface area (Å²) >= 11 is 3.29. The van der Waals surface area contributed by atoms with E-state index in [-0.39, 0.29) is 17.1 Å². The van der Waals surface area contributed by atoms with Crippen molar-refractivity contribution in [3.05, 3.63) is 52.7 Å². The van der Waals surface area contributed by atoms with Gasteiger partial charge in [-0.15, -0.1) is 11.3 Å². The van der Waals surface area contributed by atoms with Gasteiger partial charge in [-0.3, -0.25) is 14.5 Å². The molecule has 1 fully saturated rings. The molecule has 1 atom stereocenters. The smallest absolute Gasteiger partial charge is 0.260 e. The topological polar surface area (TPSA) is 63.2 Å². The molecule has 154 valence electrons. The van der Waals surface area contributed by atoms with E-state index in [1.807, 2.05) is 18.2 Å². The van der Waals surface area contributed by atoms with Gasteiger partial charge in [-0.05, 0) is 56.2 Å². The van der Waals surface area contributed by atoms with Gasteiger partial charge in [-0.25, -0.2) is 9.97 Å². The van der Waals surface area contributed by atoms with Gasteiger partial charge in [0.25, 0.3) is 5.91 Å². The molecule has 2 amide bonds. The van der Waals surface area contributed by atoms with Crippen LogP contribution >= 0.6 is 23.1 Å². The molecule has 0 bridgehead atoms. The Morgan fingerprint density at radius 1 is 1.07 bits per heavy atom. The Kier molecular flexibility index (Phi) is 5.56. The van der Waals surface area contributed by atoms with Crippen molar-refractivity contribution in [1.29, 1.82) is 0 Å². The van der Waals surface area contributed by atoms with Gasteiger partial charge in [0.05, 0.1) is 5.25 Å². The van der Waals surface area contributed by atoms with Gasteiger partial charge in [0.2, 0.25) is 5.91 Å². The van der Waals surface area contributed by atoms with Gasteiger partial charge in [-0.1, -0.05) is 36.4 Å². The molecule has 0 saturated carbocycles. The van der Waals surface area contributed by atoms with Crippen LogP contribution in [0.15, 0.2) is 41.7 Å². The maximum atomic E-state index is 13.4. The average Bonchev–Trinajstić information content (AvgIpc) is 3.08. The summed E-state index contributed by atoms with van der Waals surface area (Å²) in [6.45, 7) is 0.483. The van der Waals surface area contributed by atoms with Crippen LogP contribution in [0.1, 0.15) is 52.9 Å². The minimum absolute atomic E-state index is 0.0952. The number of fused-ring (bicyclic) bond motifs is 3. The molecule has 0 spiro atoms. The Labute approximate surface area is 183 Å². The Bertz CT molecular complexity index is 1100. The number of carbonyl (C=O) groups is 2. The molecule has 0 radical (unpaired) electrons. The molecule has 3 heterocycles. The third-order valence-electron chi connectivity index (χ3n) is 5.88. The molecule has 5 rings (SSSR count). The first-order valence-electron chi connectivity index (χ1n) is 10.5. The average molecular weight is 438 g/mol. The van der Waals surface area contributed by atoms with Crippen LogP contribution < -0.4 is 0 Å². The summed E-state index contributed by atoms with van der Waals surface area (Å²) in [6.07, 6.45) is 8.75. The molecular weight excluding hydrogens is 414 g/mol. The molecule has 1 aliphatic carbocycles. The zero-order valence-electron chi connectivity index (χ0n) is 16.7. The fraction of sp³-hybridized carbons (Fsp3) is 0.391. The highest BCUT2D eigenvalue weighted by molar-refractivity contribution is 8.00. The second-order valence-corrected chi connectivity index (χ2v) is 10.1. The molecule has 1 aromatic carbocycles. The molecule has 5 nitrogen and oxygen atoms in total. The Morgan fingerprint density at radius 2 is 1.90 bits per heavy atom. The second kappa shape index (κ2) is 8.47. The van der Waals surface area contributed by atoms with Gasteiger partial charge in [0, 0.05) is 22.4 Å². The Hall–Kier alpha value is -2.25. The predicted octanol–water partition coefficient (Wildman–Crippen LogP) is 4.88. The van der Waals surface area contributed by atoms with Crippen molar-refractivity contribution in [3.8, 4) is 0 Å². The minimum Gasteiger partial charge on any atom is -0.278 e. The highest BCUT2D eigenvalue weighted by Crippen LogP contribution is 2.41.